The van der Waals surface area contributed by atoms with Crippen LogP contribution in [0.25, 0.3) is 0 Å². The van der Waals surface area contributed by atoms with Crippen molar-refractivity contribution in [1.29, 1.82) is 0 Å². The van der Waals surface area contributed by atoms with E-state index in [0.29, 0.717) is 3.57 Å². The zero-order chi connectivity index (χ0) is 17.4. The molecule has 2 atom stereocenters. The molecule has 130 valence electrons. The van der Waals surface area contributed by atoms with Crippen LogP contribution in [0.15, 0.2) is 6.20 Å². The van der Waals surface area contributed by atoms with Gasteiger partial charge in [0.25, 0.3) is 5.91 Å². The van der Waals surface area contributed by atoms with Crippen LogP contribution in [0.1, 0.15) is 10.5 Å². The monoisotopic (exact) mass is 442 g/mol. The maximum Gasteiger partial charge on any atom is 0.272 e. The topological polar surface area (TPSA) is 157 Å². The fourth-order valence-corrected chi connectivity index (χ4v) is 2.16. The van der Waals surface area contributed by atoms with E-state index in [1.54, 1.807) is 0 Å². The Morgan fingerprint density at radius 3 is 2.30 bits per heavy atom. The van der Waals surface area contributed by atoms with Gasteiger partial charge in [-0.1, -0.05) is 0 Å². The third-order valence-electron chi connectivity index (χ3n) is 2.69. The van der Waals surface area contributed by atoms with Crippen LogP contribution in [0.4, 0.5) is 0 Å². The summed E-state index contributed by atoms with van der Waals surface area (Å²) in [7, 11) is 0. The van der Waals surface area contributed by atoms with Gasteiger partial charge in [0.05, 0.1) is 29.0 Å². The molecule has 11 heteroatoms. The highest BCUT2D eigenvalue weighted by molar-refractivity contribution is 14.1. The first-order valence-electron chi connectivity index (χ1n) is 6.73. The lowest BCUT2D eigenvalue weighted by molar-refractivity contribution is -0.122. The molecule has 1 aromatic heterocycles. The summed E-state index contributed by atoms with van der Waals surface area (Å²) in [5.41, 5.74) is 0.0962. The van der Waals surface area contributed by atoms with E-state index in [-0.39, 0.29) is 25.3 Å². The van der Waals surface area contributed by atoms with Crippen molar-refractivity contribution >= 4 is 34.4 Å². The maximum atomic E-state index is 11.9. The first kappa shape index (κ1) is 19.8. The molecule has 1 aromatic rings. The number of nitrogens with one attached hydrogen (secondary N) is 2. The van der Waals surface area contributed by atoms with E-state index in [4.69, 9.17) is 15.3 Å². The molecular formula is C12H19IN4O6. The summed E-state index contributed by atoms with van der Waals surface area (Å²) in [5, 5.41) is 44.5. The Hall–Kier alpha value is -1.28. The third-order valence-corrected chi connectivity index (χ3v) is 3.48. The zero-order valence-electron chi connectivity index (χ0n) is 12.1. The van der Waals surface area contributed by atoms with Gasteiger partial charge < -0.3 is 31.1 Å². The van der Waals surface area contributed by atoms with Gasteiger partial charge in [-0.2, -0.15) is 5.10 Å². The number of hydrogen-bond donors (Lipinski definition) is 6. The molecule has 0 saturated carbocycles. The number of halogens is 1. The fraction of sp³-hybridized carbons (Fsp3) is 0.583. The lowest BCUT2D eigenvalue weighted by atomic mass is 10.3. The number of rotatable bonds is 9. The van der Waals surface area contributed by atoms with Crippen LogP contribution in [-0.4, -0.2) is 80.5 Å². The van der Waals surface area contributed by atoms with Gasteiger partial charge in [-0.25, -0.2) is 0 Å². The minimum atomic E-state index is -1.05. The third kappa shape index (κ3) is 6.78. The fourth-order valence-electron chi connectivity index (χ4n) is 1.49. The van der Waals surface area contributed by atoms with Crippen LogP contribution < -0.4 is 10.6 Å². The first-order valence-corrected chi connectivity index (χ1v) is 7.81. The van der Waals surface area contributed by atoms with Gasteiger partial charge >= 0.3 is 0 Å². The van der Waals surface area contributed by atoms with Gasteiger partial charge in [-0.3, -0.25) is 14.3 Å². The van der Waals surface area contributed by atoms with Crippen LogP contribution in [0.3, 0.4) is 0 Å². The number of aromatic nitrogens is 2. The van der Waals surface area contributed by atoms with E-state index in [9.17, 15) is 14.7 Å². The summed E-state index contributed by atoms with van der Waals surface area (Å²) in [4.78, 5) is 23.5. The number of carbonyl (C=O) groups is 2. The summed E-state index contributed by atoms with van der Waals surface area (Å²) < 4.78 is 1.78. The van der Waals surface area contributed by atoms with Crippen molar-refractivity contribution in [3.05, 3.63) is 15.5 Å². The second-order valence-electron chi connectivity index (χ2n) is 4.71. The first-order chi connectivity index (χ1) is 10.9. The SMILES string of the molecule is O=C(Cn1cc(I)c(C(=O)NC[C@@H](O)CO)n1)NC[C@H](O)CO. The molecular weight excluding hydrogens is 423 g/mol. The van der Waals surface area contributed by atoms with Crippen molar-refractivity contribution in [2.75, 3.05) is 26.3 Å². The number of aliphatic hydroxyl groups is 4. The molecule has 2 amide bonds. The van der Waals surface area contributed by atoms with Crippen LogP contribution in [-0.2, 0) is 11.3 Å². The normalized spacial score (nSPS) is 13.4. The summed E-state index contributed by atoms with van der Waals surface area (Å²) in [5.74, 6) is -0.962. The van der Waals surface area contributed by atoms with Crippen LogP contribution in [0, 0.1) is 3.57 Å². The molecule has 0 aliphatic rings. The van der Waals surface area contributed by atoms with Crippen molar-refractivity contribution in [2.45, 2.75) is 18.8 Å². The lowest BCUT2D eigenvalue weighted by Gasteiger charge is -2.09. The van der Waals surface area contributed by atoms with Crippen molar-refractivity contribution in [3.63, 3.8) is 0 Å². The Balaban J connectivity index is 2.57. The Morgan fingerprint density at radius 2 is 1.74 bits per heavy atom. The van der Waals surface area contributed by atoms with E-state index >= 15 is 0 Å². The van der Waals surface area contributed by atoms with Gasteiger partial charge in [-0.05, 0) is 22.6 Å². The highest BCUT2D eigenvalue weighted by Gasteiger charge is 2.17. The average Bonchev–Trinajstić information content (AvgIpc) is 2.90. The Morgan fingerprint density at radius 1 is 1.17 bits per heavy atom. The smallest absolute Gasteiger partial charge is 0.272 e. The van der Waals surface area contributed by atoms with Crippen LogP contribution in [0.5, 0.6) is 0 Å². The summed E-state index contributed by atoms with van der Waals surface area (Å²) >= 11 is 1.89. The maximum absolute atomic E-state index is 11.9. The highest BCUT2D eigenvalue weighted by atomic mass is 127. The van der Waals surface area contributed by atoms with E-state index in [1.807, 2.05) is 22.6 Å². The molecule has 0 aliphatic heterocycles. The van der Waals surface area contributed by atoms with Gasteiger partial charge in [-0.15, -0.1) is 0 Å². The number of amides is 2. The predicted molar refractivity (Wildman–Crippen MR) is 86.5 cm³/mol. The number of carbonyl (C=O) groups excluding carboxylic acids is 2. The van der Waals surface area contributed by atoms with E-state index in [1.165, 1.54) is 10.9 Å². The Labute approximate surface area is 145 Å². The van der Waals surface area contributed by atoms with Gasteiger partial charge in [0.15, 0.2) is 5.69 Å². The molecule has 1 rings (SSSR count). The number of hydrogen-bond acceptors (Lipinski definition) is 7. The zero-order valence-corrected chi connectivity index (χ0v) is 14.3. The molecule has 0 spiro atoms. The summed E-state index contributed by atoms with van der Waals surface area (Å²) in [6, 6.07) is 0. The minimum Gasteiger partial charge on any atom is -0.394 e. The molecule has 0 radical (unpaired) electrons. The predicted octanol–water partition coefficient (Wildman–Crippen LogP) is -2.96. The quantitative estimate of drug-likeness (QED) is 0.223. The van der Waals surface area contributed by atoms with Crippen molar-refractivity contribution in [1.82, 2.24) is 20.4 Å². The largest absolute Gasteiger partial charge is 0.394 e. The molecule has 6 N–H and O–H groups in total. The lowest BCUT2D eigenvalue weighted by Crippen LogP contribution is -2.36. The van der Waals surface area contributed by atoms with Crippen molar-refractivity contribution in [2.24, 2.45) is 0 Å². The summed E-state index contributed by atoms with van der Waals surface area (Å²) in [6.07, 6.45) is -0.585. The highest BCUT2D eigenvalue weighted by Crippen LogP contribution is 2.10. The molecule has 1 heterocycles. The van der Waals surface area contributed by atoms with Crippen LogP contribution in [0.2, 0.25) is 0 Å². The Kier molecular flexibility index (Phi) is 8.40. The van der Waals surface area contributed by atoms with E-state index < -0.39 is 37.2 Å². The van der Waals surface area contributed by atoms with Crippen molar-refractivity contribution in [3.8, 4) is 0 Å². The van der Waals surface area contributed by atoms with E-state index in [2.05, 4.69) is 15.7 Å². The molecule has 0 aliphatic carbocycles. The van der Waals surface area contributed by atoms with E-state index in [0.717, 1.165) is 0 Å². The standard InChI is InChI=1S/C12H19IN4O6/c13-9-3-17(4-10(22)14-1-7(20)5-18)16-11(9)12(23)15-2-8(21)6-19/h3,7-8,18-21H,1-2,4-6H2,(H,14,22)(H,15,23)/t7-,8+/m0/s1. The molecule has 0 bridgehead atoms. The molecule has 23 heavy (non-hydrogen) atoms. The molecule has 0 fully saturated rings. The second-order valence-corrected chi connectivity index (χ2v) is 5.87. The van der Waals surface area contributed by atoms with Gasteiger partial charge in [0.2, 0.25) is 5.91 Å². The molecule has 10 nitrogen and oxygen atoms in total. The van der Waals surface area contributed by atoms with Gasteiger partial charge in [0, 0.05) is 19.3 Å². The number of aliphatic hydroxyl groups excluding tert-OH is 4. The molecule has 0 saturated heterocycles. The minimum absolute atomic E-state index is 0.0832. The van der Waals surface area contributed by atoms with Crippen molar-refractivity contribution < 1.29 is 30.0 Å². The summed E-state index contributed by atoms with van der Waals surface area (Å²) in [6.45, 7) is -1.27. The molecule has 0 unspecified atom stereocenters. The molecule has 0 aromatic carbocycles. The average molecular weight is 442 g/mol. The second kappa shape index (κ2) is 9.77. The van der Waals surface area contributed by atoms with Crippen LogP contribution >= 0.6 is 22.6 Å². The Bertz CT molecular complexity index is 538. The number of nitrogens with zero attached hydrogens (tertiary/aromatic N) is 2. The van der Waals surface area contributed by atoms with Gasteiger partial charge in [0.1, 0.15) is 6.54 Å².